The molecule has 0 saturated carbocycles. The predicted octanol–water partition coefficient (Wildman–Crippen LogP) is -0.155. The minimum absolute atomic E-state index is 0.0138. The fraction of sp³-hybridized carbons (Fsp3) is 0.421. The van der Waals surface area contributed by atoms with Crippen molar-refractivity contribution in [1.29, 1.82) is 0 Å². The molecule has 26 heavy (non-hydrogen) atoms. The number of benzene rings is 1. The zero-order chi connectivity index (χ0) is 18.8. The summed E-state index contributed by atoms with van der Waals surface area (Å²) < 4.78 is 0. The number of carbonyl (C=O) groups is 3. The lowest BCUT2D eigenvalue weighted by atomic mass is 10.0. The first-order chi connectivity index (χ1) is 12.4. The first kappa shape index (κ1) is 18.1. The van der Waals surface area contributed by atoms with E-state index >= 15 is 0 Å². The molecule has 7 heteroatoms. The molecule has 1 aromatic rings. The van der Waals surface area contributed by atoms with Crippen LogP contribution in [0.5, 0.6) is 0 Å². The highest BCUT2D eigenvalue weighted by molar-refractivity contribution is 6.30. The van der Waals surface area contributed by atoms with Crippen molar-refractivity contribution in [2.24, 2.45) is 0 Å². The second kappa shape index (κ2) is 7.29. The molecule has 2 aliphatic heterocycles. The number of piperazine rings is 1. The molecule has 2 fully saturated rings. The van der Waals surface area contributed by atoms with Gasteiger partial charge in [0.05, 0.1) is 32.7 Å². The lowest BCUT2D eigenvalue weighted by Crippen LogP contribution is -3.14. The second-order valence-electron chi connectivity index (χ2n) is 6.72. The van der Waals surface area contributed by atoms with Crippen LogP contribution >= 0.6 is 0 Å². The largest absolute Gasteiger partial charge is 0.360 e. The van der Waals surface area contributed by atoms with Gasteiger partial charge in [-0.15, -0.1) is 0 Å². The number of anilines is 1. The summed E-state index contributed by atoms with van der Waals surface area (Å²) in [6.45, 7) is 7.32. The smallest absolute Gasteiger partial charge is 0.333 e. The van der Waals surface area contributed by atoms with E-state index in [1.54, 1.807) is 11.0 Å². The fourth-order valence-electron chi connectivity index (χ4n) is 3.45. The quantitative estimate of drug-likeness (QED) is 0.603. The number of likely N-dealkylation sites (N-methyl/N-ethyl adjacent to an activating group) is 3. The van der Waals surface area contributed by atoms with E-state index in [1.807, 2.05) is 24.3 Å². The van der Waals surface area contributed by atoms with Crippen LogP contribution in [-0.4, -0.2) is 74.5 Å². The highest BCUT2D eigenvalue weighted by Crippen LogP contribution is 2.25. The third kappa shape index (κ3) is 3.22. The Bertz CT molecular complexity index is 740. The molecule has 138 valence electrons. The third-order valence-electron chi connectivity index (χ3n) is 5.19. The number of hydrogen-bond donors (Lipinski definition) is 1. The molecular formula is C19H25N4O3+. The van der Waals surface area contributed by atoms with E-state index in [9.17, 15) is 14.4 Å². The lowest BCUT2D eigenvalue weighted by Gasteiger charge is -2.34. The Morgan fingerprint density at radius 3 is 2.15 bits per heavy atom. The molecule has 4 amide bonds. The minimum Gasteiger partial charge on any atom is -0.360 e. The van der Waals surface area contributed by atoms with Gasteiger partial charge in [0.1, 0.15) is 5.57 Å². The number of imide groups is 2. The number of carbonyl (C=O) groups excluding carboxylic acids is 3. The van der Waals surface area contributed by atoms with E-state index in [4.69, 9.17) is 0 Å². The molecular weight excluding hydrogens is 332 g/mol. The molecule has 7 nitrogen and oxygen atoms in total. The maximum Gasteiger partial charge on any atom is 0.333 e. The minimum atomic E-state index is -0.607. The third-order valence-corrected chi connectivity index (χ3v) is 5.19. The molecule has 0 unspecified atom stereocenters. The van der Waals surface area contributed by atoms with Crippen molar-refractivity contribution >= 4 is 29.6 Å². The molecule has 0 spiro atoms. The summed E-state index contributed by atoms with van der Waals surface area (Å²) in [6.07, 6.45) is 1.61. The molecule has 0 atom stereocenters. The van der Waals surface area contributed by atoms with E-state index in [1.165, 1.54) is 14.1 Å². The van der Waals surface area contributed by atoms with Gasteiger partial charge in [-0.1, -0.05) is 18.2 Å². The van der Waals surface area contributed by atoms with Crippen molar-refractivity contribution in [1.82, 2.24) is 9.80 Å². The number of para-hydroxylation sites is 1. The lowest BCUT2D eigenvalue weighted by molar-refractivity contribution is -0.898. The fourth-order valence-corrected chi connectivity index (χ4v) is 3.45. The summed E-state index contributed by atoms with van der Waals surface area (Å²) in [6, 6.07) is 7.16. The summed E-state index contributed by atoms with van der Waals surface area (Å²) in [5.74, 6) is -1.12. The van der Waals surface area contributed by atoms with Crippen LogP contribution in [0.2, 0.25) is 0 Å². The van der Waals surface area contributed by atoms with Crippen LogP contribution in [0.4, 0.5) is 10.5 Å². The van der Waals surface area contributed by atoms with Crippen molar-refractivity contribution in [3.63, 3.8) is 0 Å². The van der Waals surface area contributed by atoms with Gasteiger partial charge in [0, 0.05) is 19.8 Å². The van der Waals surface area contributed by atoms with Gasteiger partial charge >= 0.3 is 6.03 Å². The van der Waals surface area contributed by atoms with Crippen molar-refractivity contribution in [2.45, 2.75) is 6.92 Å². The molecule has 0 aliphatic carbocycles. The molecule has 2 heterocycles. The Labute approximate surface area is 153 Å². The van der Waals surface area contributed by atoms with E-state index in [0.717, 1.165) is 53.8 Å². The maximum absolute atomic E-state index is 12.4. The Balaban J connectivity index is 1.93. The zero-order valence-electron chi connectivity index (χ0n) is 15.5. The Hall–Kier alpha value is -2.67. The first-order valence-electron chi connectivity index (χ1n) is 8.93. The van der Waals surface area contributed by atoms with Gasteiger partial charge in [0.25, 0.3) is 11.8 Å². The summed E-state index contributed by atoms with van der Waals surface area (Å²) in [4.78, 5) is 42.6. The maximum atomic E-state index is 12.4. The van der Waals surface area contributed by atoms with E-state index < -0.39 is 17.8 Å². The molecule has 0 aromatic heterocycles. The number of rotatable bonds is 3. The zero-order valence-corrected chi connectivity index (χ0v) is 15.5. The average molecular weight is 357 g/mol. The van der Waals surface area contributed by atoms with Crippen LogP contribution in [0.3, 0.4) is 0 Å². The molecule has 1 aromatic carbocycles. The summed E-state index contributed by atoms with van der Waals surface area (Å²) in [7, 11) is 2.78. The van der Waals surface area contributed by atoms with E-state index in [0.29, 0.717) is 0 Å². The van der Waals surface area contributed by atoms with Gasteiger partial charge in [0.15, 0.2) is 0 Å². The van der Waals surface area contributed by atoms with Gasteiger partial charge in [-0.2, -0.15) is 0 Å². The second-order valence-corrected chi connectivity index (χ2v) is 6.72. The van der Waals surface area contributed by atoms with Gasteiger partial charge in [-0.05, 0) is 24.6 Å². The number of nitrogens with zero attached hydrogens (tertiary/aromatic N) is 3. The summed E-state index contributed by atoms with van der Waals surface area (Å²) in [5, 5.41) is 0. The van der Waals surface area contributed by atoms with Crippen LogP contribution in [-0.2, 0) is 9.59 Å². The summed E-state index contributed by atoms with van der Waals surface area (Å²) >= 11 is 0. The molecule has 1 N–H and O–H groups in total. The van der Waals surface area contributed by atoms with Crippen LogP contribution < -0.4 is 9.80 Å². The number of quaternary nitrogens is 1. The Morgan fingerprint density at radius 2 is 1.58 bits per heavy atom. The number of barbiturate groups is 1. The van der Waals surface area contributed by atoms with Crippen LogP contribution in [0.15, 0.2) is 29.8 Å². The normalized spacial score (nSPS) is 19.4. The van der Waals surface area contributed by atoms with Gasteiger partial charge in [-0.25, -0.2) is 4.79 Å². The molecule has 2 aliphatic rings. The van der Waals surface area contributed by atoms with Crippen LogP contribution in [0.1, 0.15) is 12.5 Å². The van der Waals surface area contributed by atoms with E-state index in [2.05, 4.69) is 11.8 Å². The highest BCUT2D eigenvalue weighted by Gasteiger charge is 2.38. The Kier molecular flexibility index (Phi) is 5.08. The van der Waals surface area contributed by atoms with Crippen LogP contribution in [0, 0.1) is 0 Å². The molecule has 2 saturated heterocycles. The van der Waals surface area contributed by atoms with Gasteiger partial charge in [0.2, 0.25) is 0 Å². The molecule has 3 rings (SSSR count). The number of hydrogen-bond acceptors (Lipinski definition) is 4. The molecule has 0 radical (unpaired) electrons. The van der Waals surface area contributed by atoms with Crippen LogP contribution in [0.25, 0.3) is 6.08 Å². The Morgan fingerprint density at radius 1 is 1.00 bits per heavy atom. The summed E-state index contributed by atoms with van der Waals surface area (Å²) in [5.41, 5.74) is 1.85. The highest BCUT2D eigenvalue weighted by atomic mass is 16.2. The first-order valence-corrected chi connectivity index (χ1v) is 8.93. The van der Waals surface area contributed by atoms with Gasteiger partial charge < -0.3 is 9.80 Å². The SMILES string of the molecule is CC[NH+]1CCN(c2ccccc2C=C2C(=O)N(C)C(=O)N(C)C2=O)CC1. The molecule has 0 bridgehead atoms. The van der Waals surface area contributed by atoms with E-state index in [-0.39, 0.29) is 5.57 Å². The van der Waals surface area contributed by atoms with Crippen molar-refractivity contribution in [2.75, 3.05) is 51.7 Å². The topological polar surface area (TPSA) is 65.4 Å². The predicted molar refractivity (Wildman–Crippen MR) is 98.8 cm³/mol. The number of nitrogens with one attached hydrogen (secondary N) is 1. The monoisotopic (exact) mass is 357 g/mol. The van der Waals surface area contributed by atoms with Crippen molar-refractivity contribution in [3.8, 4) is 0 Å². The standard InChI is InChI=1S/C19H24N4O3/c1-4-22-9-11-23(12-10-22)16-8-6-5-7-14(16)13-15-17(24)20(2)19(26)21(3)18(15)25/h5-8,13H,4,9-12H2,1-3H3/p+1. The average Bonchev–Trinajstić information content (AvgIpc) is 2.68. The van der Waals surface area contributed by atoms with Crippen molar-refractivity contribution in [3.05, 3.63) is 35.4 Å². The number of urea groups is 1. The van der Waals surface area contributed by atoms with Crippen molar-refractivity contribution < 1.29 is 19.3 Å². The van der Waals surface area contributed by atoms with Gasteiger partial charge in [-0.3, -0.25) is 19.4 Å². The number of amides is 4.